The van der Waals surface area contributed by atoms with Gasteiger partial charge in [0.25, 0.3) is 0 Å². The van der Waals surface area contributed by atoms with Gasteiger partial charge in [0.15, 0.2) is 0 Å². The summed E-state index contributed by atoms with van der Waals surface area (Å²) >= 11 is 0. The van der Waals surface area contributed by atoms with E-state index in [0.717, 1.165) is 46.8 Å². The van der Waals surface area contributed by atoms with Gasteiger partial charge >= 0.3 is 5.97 Å². The molecule has 1 heterocycles. The van der Waals surface area contributed by atoms with Crippen molar-refractivity contribution in [2.75, 3.05) is 5.32 Å². The maximum absolute atomic E-state index is 13.1. The predicted molar refractivity (Wildman–Crippen MR) is 135 cm³/mol. The van der Waals surface area contributed by atoms with E-state index in [1.165, 1.54) is 0 Å². The molecule has 3 N–H and O–H groups in total. The van der Waals surface area contributed by atoms with E-state index in [4.69, 9.17) is 0 Å². The lowest BCUT2D eigenvalue weighted by molar-refractivity contribution is -0.138. The van der Waals surface area contributed by atoms with Crippen molar-refractivity contribution in [3.05, 3.63) is 114 Å². The number of nitrogens with one attached hydrogen (secondary N) is 2. The van der Waals surface area contributed by atoms with Crippen molar-refractivity contribution in [3.8, 4) is 11.1 Å². The zero-order valence-electron chi connectivity index (χ0n) is 19.1. The predicted octanol–water partition coefficient (Wildman–Crippen LogP) is 4.47. The zero-order valence-corrected chi connectivity index (χ0v) is 20.0. The lowest BCUT2D eigenvalue weighted by Gasteiger charge is -2.15. The molecule has 9 heteroatoms. The average molecular weight is 506 g/mol. The molecule has 1 atom stereocenters. The second-order valence-corrected chi connectivity index (χ2v) is 9.85. The van der Waals surface area contributed by atoms with Gasteiger partial charge in [-0.1, -0.05) is 48.5 Å². The Morgan fingerprint density at radius 2 is 1.64 bits per heavy atom. The van der Waals surface area contributed by atoms with E-state index in [1.54, 1.807) is 18.3 Å². The molecular formula is C27H24FN3O4S. The van der Waals surface area contributed by atoms with Crippen molar-refractivity contribution in [3.63, 3.8) is 0 Å². The summed E-state index contributed by atoms with van der Waals surface area (Å²) < 4.78 is 40.4. The Morgan fingerprint density at radius 3 is 2.31 bits per heavy atom. The van der Waals surface area contributed by atoms with Crippen molar-refractivity contribution >= 4 is 21.8 Å². The van der Waals surface area contributed by atoms with Crippen LogP contribution >= 0.6 is 0 Å². The van der Waals surface area contributed by atoms with Crippen molar-refractivity contribution in [2.24, 2.45) is 0 Å². The van der Waals surface area contributed by atoms with Crippen LogP contribution in [0.3, 0.4) is 0 Å². The second-order valence-electron chi connectivity index (χ2n) is 8.14. The number of rotatable bonds is 10. The number of halogens is 1. The molecule has 0 saturated carbocycles. The van der Waals surface area contributed by atoms with Gasteiger partial charge in [-0.3, -0.25) is 4.79 Å². The summed E-state index contributed by atoms with van der Waals surface area (Å²) in [6, 6.07) is 23.8. The number of carboxylic acid groups (broad SMARTS) is 1. The van der Waals surface area contributed by atoms with Crippen LogP contribution in [0.1, 0.15) is 11.1 Å². The first-order chi connectivity index (χ1) is 17.3. The molecule has 0 aliphatic carbocycles. The van der Waals surface area contributed by atoms with E-state index in [-0.39, 0.29) is 11.3 Å². The fraction of sp³-hybridized carbons (Fsp3) is 0.111. The SMILES string of the molecule is O=C(O)[C@H](Cc1ccc(-c2cccc(CNc3ccccn3)c2)cc1)NS(=O)(=O)c1ccc(F)cc1. The van der Waals surface area contributed by atoms with E-state index in [2.05, 4.69) is 21.1 Å². The Balaban J connectivity index is 1.44. The summed E-state index contributed by atoms with van der Waals surface area (Å²) in [6.45, 7) is 0.609. The topological polar surface area (TPSA) is 108 Å². The summed E-state index contributed by atoms with van der Waals surface area (Å²) in [5, 5.41) is 12.9. The van der Waals surface area contributed by atoms with Crippen molar-refractivity contribution in [2.45, 2.75) is 23.9 Å². The van der Waals surface area contributed by atoms with Gasteiger partial charge in [-0.2, -0.15) is 4.72 Å². The summed E-state index contributed by atoms with van der Waals surface area (Å²) in [6.07, 6.45) is 1.67. The van der Waals surface area contributed by atoms with Crippen molar-refractivity contribution < 1.29 is 22.7 Å². The first kappa shape index (κ1) is 25.0. The molecule has 4 aromatic rings. The standard InChI is InChI=1S/C27H24FN3O4S/c28-23-11-13-24(14-12-23)36(34,35)31-25(27(32)33)17-19-7-9-21(10-8-19)22-5-3-4-20(16-22)18-30-26-6-1-2-15-29-26/h1-16,25,31H,17-18H2,(H,29,30)(H,32,33)/t25-/m0/s1. The highest BCUT2D eigenvalue weighted by atomic mass is 32.2. The van der Waals surface area contributed by atoms with Crippen LogP contribution in [0.2, 0.25) is 0 Å². The van der Waals surface area contributed by atoms with Gasteiger partial charge in [0.05, 0.1) is 4.90 Å². The fourth-order valence-electron chi connectivity index (χ4n) is 3.64. The lowest BCUT2D eigenvalue weighted by atomic mass is 9.99. The molecule has 0 aliphatic rings. The first-order valence-electron chi connectivity index (χ1n) is 11.1. The third kappa shape index (κ3) is 6.53. The monoisotopic (exact) mass is 505 g/mol. The summed E-state index contributed by atoms with van der Waals surface area (Å²) in [7, 11) is -4.13. The third-order valence-electron chi connectivity index (χ3n) is 5.51. The van der Waals surface area contributed by atoms with Crippen LogP contribution in [0, 0.1) is 5.82 Å². The maximum Gasteiger partial charge on any atom is 0.322 e. The molecular weight excluding hydrogens is 481 g/mol. The van der Waals surface area contributed by atoms with E-state index in [0.29, 0.717) is 12.1 Å². The summed E-state index contributed by atoms with van der Waals surface area (Å²) in [5.41, 5.74) is 3.66. The Morgan fingerprint density at radius 1 is 0.889 bits per heavy atom. The number of aliphatic carboxylic acids is 1. The van der Waals surface area contributed by atoms with Gasteiger partial charge in [0.2, 0.25) is 10.0 Å². The first-order valence-corrected chi connectivity index (χ1v) is 12.6. The van der Waals surface area contributed by atoms with Crippen LogP contribution in [-0.4, -0.2) is 30.5 Å². The van der Waals surface area contributed by atoms with Gasteiger partial charge in [-0.05, 0) is 71.1 Å². The van der Waals surface area contributed by atoms with Crippen molar-refractivity contribution in [1.82, 2.24) is 9.71 Å². The molecule has 0 radical (unpaired) electrons. The Labute approximate surface area is 208 Å². The number of anilines is 1. The zero-order chi connectivity index (χ0) is 25.5. The molecule has 0 aliphatic heterocycles. The van der Waals surface area contributed by atoms with E-state index < -0.39 is 27.9 Å². The second kappa shape index (κ2) is 11.1. The van der Waals surface area contributed by atoms with E-state index in [9.17, 15) is 22.7 Å². The molecule has 0 fully saturated rings. The number of nitrogens with zero attached hydrogens (tertiary/aromatic N) is 1. The van der Waals surface area contributed by atoms with Crippen LogP contribution in [0.25, 0.3) is 11.1 Å². The van der Waals surface area contributed by atoms with E-state index >= 15 is 0 Å². The van der Waals surface area contributed by atoms with Gasteiger partial charge < -0.3 is 10.4 Å². The molecule has 0 amide bonds. The third-order valence-corrected chi connectivity index (χ3v) is 7.00. The number of benzene rings is 3. The fourth-order valence-corrected chi connectivity index (χ4v) is 4.83. The largest absolute Gasteiger partial charge is 0.480 e. The molecule has 7 nitrogen and oxygen atoms in total. The minimum atomic E-state index is -4.13. The van der Waals surface area contributed by atoms with Crippen molar-refractivity contribution in [1.29, 1.82) is 0 Å². The van der Waals surface area contributed by atoms with Crippen LogP contribution in [0.5, 0.6) is 0 Å². The quantitative estimate of drug-likeness (QED) is 0.293. The van der Waals surface area contributed by atoms with Crippen LogP contribution in [0.4, 0.5) is 10.2 Å². The van der Waals surface area contributed by atoms with Gasteiger partial charge in [-0.25, -0.2) is 17.8 Å². The molecule has 0 spiro atoms. The molecule has 0 unspecified atom stereocenters. The van der Waals surface area contributed by atoms with Gasteiger partial charge in [-0.15, -0.1) is 0 Å². The number of hydrogen-bond donors (Lipinski definition) is 3. The van der Waals surface area contributed by atoms with Crippen LogP contribution in [0.15, 0.2) is 102 Å². The van der Waals surface area contributed by atoms with Crippen LogP contribution < -0.4 is 10.0 Å². The lowest BCUT2D eigenvalue weighted by Crippen LogP contribution is -2.42. The molecule has 184 valence electrons. The highest BCUT2D eigenvalue weighted by Gasteiger charge is 2.25. The molecule has 4 rings (SSSR count). The number of pyridine rings is 1. The maximum atomic E-state index is 13.1. The smallest absolute Gasteiger partial charge is 0.322 e. The minimum Gasteiger partial charge on any atom is -0.480 e. The molecule has 1 aromatic heterocycles. The number of sulfonamides is 1. The molecule has 36 heavy (non-hydrogen) atoms. The number of carbonyl (C=O) groups is 1. The normalized spacial score (nSPS) is 12.1. The molecule has 0 bridgehead atoms. The van der Waals surface area contributed by atoms with Gasteiger partial charge in [0.1, 0.15) is 17.7 Å². The Hall–Kier alpha value is -4.08. The van der Waals surface area contributed by atoms with Gasteiger partial charge in [0, 0.05) is 12.7 Å². The Kier molecular flexibility index (Phi) is 7.72. The Bertz CT molecular complexity index is 1430. The molecule has 3 aromatic carbocycles. The number of hydrogen-bond acceptors (Lipinski definition) is 5. The van der Waals surface area contributed by atoms with Crippen LogP contribution in [-0.2, 0) is 27.8 Å². The summed E-state index contributed by atoms with van der Waals surface area (Å²) in [4.78, 5) is 15.8. The average Bonchev–Trinajstić information content (AvgIpc) is 2.88. The number of carboxylic acids is 1. The minimum absolute atomic E-state index is 0.0515. The summed E-state index contributed by atoms with van der Waals surface area (Å²) in [5.74, 6) is -1.10. The highest BCUT2D eigenvalue weighted by molar-refractivity contribution is 7.89. The van der Waals surface area contributed by atoms with E-state index in [1.807, 2.05) is 48.5 Å². The number of aromatic nitrogens is 1. The molecule has 0 saturated heterocycles. The highest BCUT2D eigenvalue weighted by Crippen LogP contribution is 2.22.